The summed E-state index contributed by atoms with van der Waals surface area (Å²) < 4.78 is 0. The summed E-state index contributed by atoms with van der Waals surface area (Å²) >= 11 is 1.70. The lowest BCUT2D eigenvalue weighted by molar-refractivity contribution is 0.178. The lowest BCUT2D eigenvalue weighted by Crippen LogP contribution is -2.15. The molecule has 3 nitrogen and oxygen atoms in total. The molecule has 2 unspecified atom stereocenters. The lowest BCUT2D eigenvalue weighted by atomic mass is 10.0. The van der Waals surface area contributed by atoms with Gasteiger partial charge in [-0.05, 0) is 13.8 Å². The third-order valence-electron chi connectivity index (χ3n) is 2.46. The van der Waals surface area contributed by atoms with E-state index in [0.717, 1.165) is 17.2 Å². The van der Waals surface area contributed by atoms with Gasteiger partial charge >= 0.3 is 0 Å². The Morgan fingerprint density at radius 2 is 2.23 bits per heavy atom. The zero-order valence-electron chi connectivity index (χ0n) is 7.87. The van der Waals surface area contributed by atoms with Crippen LogP contribution < -0.4 is 5.32 Å². The van der Waals surface area contributed by atoms with Crippen LogP contribution in [0.2, 0.25) is 0 Å². The van der Waals surface area contributed by atoms with E-state index in [1.807, 2.05) is 13.8 Å². The Hall–Kier alpha value is -0.450. The van der Waals surface area contributed by atoms with Gasteiger partial charge in [-0.2, -0.15) is 0 Å². The summed E-state index contributed by atoms with van der Waals surface area (Å²) in [5, 5.41) is 14.0. The predicted octanol–water partition coefficient (Wildman–Crippen LogP) is 0.808. The molecule has 1 saturated heterocycles. The van der Waals surface area contributed by atoms with Gasteiger partial charge in [0.1, 0.15) is 0 Å². The van der Waals surface area contributed by atoms with Crippen molar-refractivity contribution in [3.05, 3.63) is 15.6 Å². The Bertz CT molecular complexity index is 311. The lowest BCUT2D eigenvalue weighted by Gasteiger charge is -2.11. The van der Waals surface area contributed by atoms with Crippen molar-refractivity contribution in [1.29, 1.82) is 0 Å². The molecule has 0 aliphatic carbocycles. The second-order valence-electron chi connectivity index (χ2n) is 3.51. The van der Waals surface area contributed by atoms with Crippen LogP contribution in [0.15, 0.2) is 0 Å². The molecule has 0 radical (unpaired) electrons. The molecular formula is C9H14N2OS. The number of aryl methyl sites for hydroxylation is 2. The Morgan fingerprint density at radius 3 is 2.69 bits per heavy atom. The first-order valence-electron chi connectivity index (χ1n) is 4.51. The maximum atomic E-state index is 9.69. The average Bonchev–Trinajstić information content (AvgIpc) is 2.58. The third kappa shape index (κ3) is 1.61. The fourth-order valence-corrected chi connectivity index (χ4v) is 2.91. The SMILES string of the molecule is Cc1nc(C)c(C2CNCC2O)s1. The fraction of sp³-hybridized carbons (Fsp3) is 0.667. The van der Waals surface area contributed by atoms with Crippen LogP contribution in [0.5, 0.6) is 0 Å². The normalized spacial score (nSPS) is 28.2. The van der Waals surface area contributed by atoms with E-state index in [0.29, 0.717) is 6.54 Å². The number of rotatable bonds is 1. The first kappa shape index (κ1) is 9.12. The van der Waals surface area contributed by atoms with Gasteiger partial charge in [0.2, 0.25) is 0 Å². The van der Waals surface area contributed by atoms with Gasteiger partial charge < -0.3 is 10.4 Å². The van der Waals surface area contributed by atoms with Gasteiger partial charge in [0.25, 0.3) is 0 Å². The van der Waals surface area contributed by atoms with E-state index in [1.54, 1.807) is 11.3 Å². The van der Waals surface area contributed by atoms with E-state index in [1.165, 1.54) is 4.88 Å². The first-order valence-corrected chi connectivity index (χ1v) is 5.33. The number of thiazole rings is 1. The van der Waals surface area contributed by atoms with E-state index in [9.17, 15) is 5.11 Å². The molecule has 1 fully saturated rings. The summed E-state index contributed by atoms with van der Waals surface area (Å²) in [5.74, 6) is 0.256. The van der Waals surface area contributed by atoms with Crippen LogP contribution in [0.1, 0.15) is 21.5 Å². The molecule has 2 rings (SSSR count). The topological polar surface area (TPSA) is 45.2 Å². The van der Waals surface area contributed by atoms with Gasteiger partial charge in [0, 0.05) is 23.9 Å². The fourth-order valence-electron chi connectivity index (χ4n) is 1.82. The molecule has 2 heterocycles. The Balaban J connectivity index is 2.28. The standard InChI is InChI=1S/C9H14N2OS/c1-5-9(13-6(2)11-5)7-3-10-4-8(7)12/h7-8,10,12H,3-4H2,1-2H3. The van der Waals surface area contributed by atoms with Gasteiger partial charge in [-0.1, -0.05) is 0 Å². The van der Waals surface area contributed by atoms with Gasteiger partial charge in [0.15, 0.2) is 0 Å². The van der Waals surface area contributed by atoms with Crippen LogP contribution in [0.25, 0.3) is 0 Å². The van der Waals surface area contributed by atoms with Crippen molar-refractivity contribution in [3.8, 4) is 0 Å². The second-order valence-corrected chi connectivity index (χ2v) is 4.75. The molecule has 1 aliphatic heterocycles. The summed E-state index contributed by atoms with van der Waals surface area (Å²) in [6.45, 7) is 5.62. The van der Waals surface area contributed by atoms with Gasteiger partial charge in [-0.15, -0.1) is 11.3 Å². The predicted molar refractivity (Wildman–Crippen MR) is 53.2 cm³/mol. The zero-order valence-corrected chi connectivity index (χ0v) is 8.69. The number of aliphatic hydroxyl groups is 1. The van der Waals surface area contributed by atoms with Crippen molar-refractivity contribution in [3.63, 3.8) is 0 Å². The van der Waals surface area contributed by atoms with Crippen LogP contribution >= 0.6 is 11.3 Å². The molecule has 13 heavy (non-hydrogen) atoms. The third-order valence-corrected chi connectivity index (χ3v) is 3.66. The molecular weight excluding hydrogens is 184 g/mol. The van der Waals surface area contributed by atoms with Gasteiger partial charge in [0.05, 0.1) is 16.8 Å². The van der Waals surface area contributed by atoms with Gasteiger partial charge in [-0.3, -0.25) is 0 Å². The van der Waals surface area contributed by atoms with E-state index in [4.69, 9.17) is 0 Å². The van der Waals surface area contributed by atoms with Crippen molar-refractivity contribution in [2.45, 2.75) is 25.9 Å². The van der Waals surface area contributed by atoms with E-state index in [-0.39, 0.29) is 12.0 Å². The Morgan fingerprint density at radius 1 is 1.46 bits per heavy atom. The van der Waals surface area contributed by atoms with Crippen molar-refractivity contribution in [1.82, 2.24) is 10.3 Å². The average molecular weight is 198 g/mol. The zero-order chi connectivity index (χ0) is 9.42. The number of hydrogen-bond donors (Lipinski definition) is 2. The maximum Gasteiger partial charge on any atom is 0.0900 e. The maximum absolute atomic E-state index is 9.69. The molecule has 2 atom stereocenters. The molecule has 2 N–H and O–H groups in total. The summed E-state index contributed by atoms with van der Waals surface area (Å²) in [6.07, 6.45) is -0.237. The molecule has 4 heteroatoms. The highest BCUT2D eigenvalue weighted by Gasteiger charge is 2.29. The van der Waals surface area contributed by atoms with E-state index in [2.05, 4.69) is 10.3 Å². The summed E-state index contributed by atoms with van der Waals surface area (Å²) in [4.78, 5) is 5.62. The Kier molecular flexibility index (Phi) is 2.36. The molecule has 1 aliphatic rings. The van der Waals surface area contributed by atoms with Crippen LogP contribution in [0.3, 0.4) is 0 Å². The first-order chi connectivity index (χ1) is 6.18. The summed E-state index contributed by atoms with van der Waals surface area (Å²) in [7, 11) is 0. The number of hydrogen-bond acceptors (Lipinski definition) is 4. The quantitative estimate of drug-likeness (QED) is 0.702. The number of aliphatic hydroxyl groups excluding tert-OH is 1. The number of β-amino-alcohol motifs (C(OH)–C–C–N with tert-alkyl or cyclic N) is 1. The number of nitrogens with zero attached hydrogens (tertiary/aromatic N) is 1. The highest BCUT2D eigenvalue weighted by Crippen LogP contribution is 2.30. The molecule has 1 aromatic heterocycles. The number of nitrogens with one attached hydrogen (secondary N) is 1. The minimum Gasteiger partial charge on any atom is -0.391 e. The van der Waals surface area contributed by atoms with E-state index >= 15 is 0 Å². The van der Waals surface area contributed by atoms with Crippen LogP contribution in [0.4, 0.5) is 0 Å². The van der Waals surface area contributed by atoms with Crippen molar-refractivity contribution in [2.24, 2.45) is 0 Å². The second kappa shape index (κ2) is 3.36. The summed E-state index contributed by atoms with van der Waals surface area (Å²) in [6, 6.07) is 0. The monoisotopic (exact) mass is 198 g/mol. The van der Waals surface area contributed by atoms with Crippen molar-refractivity contribution in [2.75, 3.05) is 13.1 Å². The molecule has 1 aromatic rings. The summed E-state index contributed by atoms with van der Waals surface area (Å²) in [5.41, 5.74) is 1.08. The van der Waals surface area contributed by atoms with Crippen LogP contribution in [-0.4, -0.2) is 29.3 Å². The minimum atomic E-state index is -0.237. The molecule has 0 bridgehead atoms. The van der Waals surface area contributed by atoms with Crippen molar-refractivity contribution >= 4 is 11.3 Å². The number of aromatic nitrogens is 1. The molecule has 0 spiro atoms. The van der Waals surface area contributed by atoms with E-state index < -0.39 is 0 Å². The minimum absolute atomic E-state index is 0.237. The molecule has 0 saturated carbocycles. The van der Waals surface area contributed by atoms with Crippen LogP contribution in [0, 0.1) is 13.8 Å². The molecule has 72 valence electrons. The smallest absolute Gasteiger partial charge is 0.0900 e. The Labute approximate surface area is 81.8 Å². The molecule has 0 amide bonds. The largest absolute Gasteiger partial charge is 0.391 e. The highest BCUT2D eigenvalue weighted by molar-refractivity contribution is 7.11. The highest BCUT2D eigenvalue weighted by atomic mass is 32.1. The van der Waals surface area contributed by atoms with Crippen molar-refractivity contribution < 1.29 is 5.11 Å². The van der Waals surface area contributed by atoms with Crippen LogP contribution in [-0.2, 0) is 0 Å². The molecule has 0 aromatic carbocycles. The van der Waals surface area contributed by atoms with Gasteiger partial charge in [-0.25, -0.2) is 4.98 Å².